The van der Waals surface area contributed by atoms with Crippen LogP contribution in [-0.2, 0) is 10.2 Å². The van der Waals surface area contributed by atoms with Gasteiger partial charge in [-0.2, -0.15) is 13.1 Å². The van der Waals surface area contributed by atoms with Gasteiger partial charge in [-0.3, -0.25) is 0 Å². The monoisotopic (exact) mass is 196 g/mol. The number of amidine groups is 1. The highest BCUT2D eigenvalue weighted by Gasteiger charge is 2.06. The molecule has 0 rings (SSSR count). The van der Waals surface area contributed by atoms with Crippen molar-refractivity contribution in [2.75, 3.05) is 13.1 Å². The largest absolute Gasteiger partial charge is 0.409 e. The average molecular weight is 196 g/mol. The van der Waals surface area contributed by atoms with Crippen molar-refractivity contribution in [1.82, 2.24) is 9.44 Å². The zero-order valence-corrected chi connectivity index (χ0v) is 7.43. The number of hydrogen-bond donors (Lipinski definition) is 4. The lowest BCUT2D eigenvalue weighted by Gasteiger charge is -2.04. The molecule has 0 aromatic carbocycles. The summed E-state index contributed by atoms with van der Waals surface area (Å²) in [4.78, 5) is 0. The van der Waals surface area contributed by atoms with Crippen LogP contribution in [0.25, 0.3) is 0 Å². The van der Waals surface area contributed by atoms with E-state index in [1.165, 1.54) is 0 Å². The van der Waals surface area contributed by atoms with E-state index in [4.69, 9.17) is 10.9 Å². The van der Waals surface area contributed by atoms with E-state index in [9.17, 15) is 8.42 Å². The second kappa shape index (κ2) is 4.91. The van der Waals surface area contributed by atoms with Crippen molar-refractivity contribution in [2.45, 2.75) is 6.92 Å². The molecular formula is C4H12N4O3S. The van der Waals surface area contributed by atoms with Crippen molar-refractivity contribution in [3.63, 3.8) is 0 Å². The normalized spacial score (nSPS) is 13.2. The molecule has 0 aliphatic carbocycles. The lowest BCUT2D eigenvalue weighted by atomic mass is 10.6. The second-order valence-corrected chi connectivity index (χ2v) is 3.50. The quantitative estimate of drug-likeness (QED) is 0.179. The Morgan fingerprint density at radius 1 is 1.58 bits per heavy atom. The number of oxime groups is 1. The highest BCUT2D eigenvalue weighted by Crippen LogP contribution is 1.74. The van der Waals surface area contributed by atoms with Crippen LogP contribution in [0.3, 0.4) is 0 Å². The SMILES string of the molecule is CCNS(=O)(=O)NCC(N)=NO. The summed E-state index contributed by atoms with van der Waals surface area (Å²) in [5.41, 5.74) is 5.02. The predicted octanol–water partition coefficient (Wildman–Crippen LogP) is -1.82. The molecule has 0 heterocycles. The minimum absolute atomic E-state index is 0.198. The minimum Gasteiger partial charge on any atom is -0.409 e. The second-order valence-electron chi connectivity index (χ2n) is 1.91. The number of nitrogens with one attached hydrogen (secondary N) is 2. The smallest absolute Gasteiger partial charge is 0.277 e. The molecule has 0 bridgehead atoms. The van der Waals surface area contributed by atoms with Gasteiger partial charge in [-0.1, -0.05) is 12.1 Å². The van der Waals surface area contributed by atoms with Gasteiger partial charge in [0, 0.05) is 6.54 Å². The standard InChI is InChI=1S/C4H12N4O3S/c1-2-6-12(10,11)7-3-4(5)8-9/h6-7,9H,2-3H2,1H3,(H2,5,8). The number of hydrogen-bond acceptors (Lipinski definition) is 4. The van der Waals surface area contributed by atoms with E-state index in [2.05, 4.69) is 14.6 Å². The highest BCUT2D eigenvalue weighted by atomic mass is 32.2. The van der Waals surface area contributed by atoms with E-state index in [0.29, 0.717) is 0 Å². The average Bonchev–Trinajstić information content (AvgIpc) is 2.00. The maximum absolute atomic E-state index is 10.8. The molecule has 0 aliphatic rings. The van der Waals surface area contributed by atoms with Crippen molar-refractivity contribution in [3.05, 3.63) is 0 Å². The summed E-state index contributed by atoms with van der Waals surface area (Å²) >= 11 is 0. The van der Waals surface area contributed by atoms with E-state index >= 15 is 0 Å². The summed E-state index contributed by atoms with van der Waals surface area (Å²) in [5.74, 6) is -0.198. The van der Waals surface area contributed by atoms with Crippen LogP contribution in [0.15, 0.2) is 5.16 Å². The van der Waals surface area contributed by atoms with Gasteiger partial charge in [0.1, 0.15) is 0 Å². The van der Waals surface area contributed by atoms with Gasteiger partial charge < -0.3 is 10.9 Å². The van der Waals surface area contributed by atoms with Crippen LogP contribution in [0.1, 0.15) is 6.92 Å². The Kier molecular flexibility index (Phi) is 4.55. The first-order valence-electron chi connectivity index (χ1n) is 3.22. The molecule has 0 aromatic rings. The van der Waals surface area contributed by atoms with Crippen molar-refractivity contribution >= 4 is 16.0 Å². The minimum atomic E-state index is -3.51. The third-order valence-corrected chi connectivity index (χ3v) is 2.10. The van der Waals surface area contributed by atoms with Crippen LogP contribution in [0.4, 0.5) is 0 Å². The Bertz CT molecular complexity index is 247. The lowest BCUT2D eigenvalue weighted by molar-refractivity contribution is 0.317. The molecule has 0 amide bonds. The van der Waals surface area contributed by atoms with E-state index in [1.807, 2.05) is 0 Å². The van der Waals surface area contributed by atoms with Crippen LogP contribution in [-0.4, -0.2) is 32.6 Å². The summed E-state index contributed by atoms with van der Waals surface area (Å²) < 4.78 is 25.9. The predicted molar refractivity (Wildman–Crippen MR) is 44.0 cm³/mol. The van der Waals surface area contributed by atoms with Gasteiger partial charge in [0.05, 0.1) is 6.54 Å². The molecule has 0 unspecified atom stereocenters. The fourth-order valence-electron chi connectivity index (χ4n) is 0.445. The van der Waals surface area contributed by atoms with Gasteiger partial charge in [-0.15, -0.1) is 0 Å². The lowest BCUT2D eigenvalue weighted by Crippen LogP contribution is -2.40. The van der Waals surface area contributed by atoms with E-state index in [1.54, 1.807) is 6.92 Å². The Hall–Kier alpha value is -0.860. The van der Waals surface area contributed by atoms with Crippen LogP contribution in [0.5, 0.6) is 0 Å². The zero-order chi connectivity index (χ0) is 9.61. The molecule has 0 spiro atoms. The topological polar surface area (TPSA) is 117 Å². The third-order valence-electron chi connectivity index (χ3n) is 0.906. The molecule has 0 saturated heterocycles. The Balaban J connectivity index is 3.93. The van der Waals surface area contributed by atoms with Gasteiger partial charge >= 0.3 is 0 Å². The highest BCUT2D eigenvalue weighted by molar-refractivity contribution is 7.87. The maximum atomic E-state index is 10.8. The van der Waals surface area contributed by atoms with E-state index in [0.717, 1.165) is 0 Å². The van der Waals surface area contributed by atoms with Crippen molar-refractivity contribution in [3.8, 4) is 0 Å². The molecule has 0 aliphatic heterocycles. The van der Waals surface area contributed by atoms with Crippen LogP contribution >= 0.6 is 0 Å². The summed E-state index contributed by atoms with van der Waals surface area (Å²) in [6.07, 6.45) is 0. The molecule has 0 fully saturated rings. The van der Waals surface area contributed by atoms with Gasteiger partial charge in [0.25, 0.3) is 10.2 Å². The molecule has 72 valence electrons. The van der Waals surface area contributed by atoms with Gasteiger partial charge in [0.15, 0.2) is 5.84 Å². The van der Waals surface area contributed by atoms with Crippen LogP contribution < -0.4 is 15.2 Å². The molecule has 0 aromatic heterocycles. The summed E-state index contributed by atoms with van der Waals surface area (Å²) in [6.45, 7) is 1.71. The molecule has 12 heavy (non-hydrogen) atoms. The van der Waals surface area contributed by atoms with Gasteiger partial charge in [0.2, 0.25) is 0 Å². The molecular weight excluding hydrogens is 184 g/mol. The number of nitrogens with zero attached hydrogens (tertiary/aromatic N) is 1. The first-order chi connectivity index (χ1) is 5.52. The molecule has 5 N–H and O–H groups in total. The Morgan fingerprint density at radius 3 is 2.58 bits per heavy atom. The summed E-state index contributed by atoms with van der Waals surface area (Å²) in [6, 6.07) is 0. The van der Waals surface area contributed by atoms with Gasteiger partial charge in [-0.25, -0.2) is 4.72 Å². The van der Waals surface area contributed by atoms with E-state index < -0.39 is 10.2 Å². The van der Waals surface area contributed by atoms with Crippen molar-refractivity contribution in [2.24, 2.45) is 10.9 Å². The zero-order valence-electron chi connectivity index (χ0n) is 6.61. The molecule has 7 nitrogen and oxygen atoms in total. The van der Waals surface area contributed by atoms with Gasteiger partial charge in [-0.05, 0) is 0 Å². The first-order valence-corrected chi connectivity index (χ1v) is 4.70. The molecule has 8 heteroatoms. The van der Waals surface area contributed by atoms with Crippen LogP contribution in [0, 0.1) is 0 Å². The van der Waals surface area contributed by atoms with E-state index in [-0.39, 0.29) is 18.9 Å². The van der Waals surface area contributed by atoms with Crippen molar-refractivity contribution in [1.29, 1.82) is 0 Å². The maximum Gasteiger partial charge on any atom is 0.277 e. The fraction of sp³-hybridized carbons (Fsp3) is 0.750. The Morgan fingerprint density at radius 2 is 2.17 bits per heavy atom. The summed E-state index contributed by atoms with van der Waals surface area (Å²) in [5, 5.41) is 10.7. The summed E-state index contributed by atoms with van der Waals surface area (Å²) in [7, 11) is -3.51. The molecule has 0 saturated carbocycles. The molecule has 0 atom stereocenters. The first kappa shape index (κ1) is 11.1. The third kappa shape index (κ3) is 4.88. The van der Waals surface area contributed by atoms with Crippen molar-refractivity contribution < 1.29 is 13.6 Å². The molecule has 0 radical (unpaired) electrons. The number of nitrogens with two attached hydrogens (primary N) is 1. The number of rotatable bonds is 5. The Labute approximate surface area is 70.8 Å². The fourth-order valence-corrected chi connectivity index (χ4v) is 1.27. The van der Waals surface area contributed by atoms with Crippen LogP contribution in [0.2, 0.25) is 0 Å².